The Morgan fingerprint density at radius 2 is 2.19 bits per heavy atom. The molecule has 0 aliphatic carbocycles. The van der Waals surface area contributed by atoms with E-state index >= 15 is 0 Å². The lowest BCUT2D eigenvalue weighted by Gasteiger charge is -2.08. The number of nitrogens with one attached hydrogen (secondary N) is 2. The first-order valence-corrected chi connectivity index (χ1v) is 6.56. The van der Waals surface area contributed by atoms with Gasteiger partial charge in [0.15, 0.2) is 0 Å². The summed E-state index contributed by atoms with van der Waals surface area (Å²) in [6.07, 6.45) is 3.28. The van der Waals surface area contributed by atoms with Crippen molar-refractivity contribution in [3.63, 3.8) is 0 Å². The second kappa shape index (κ2) is 6.85. The molecule has 0 radical (unpaired) electrons. The average molecular weight is 306 g/mol. The molecule has 108 valence electrons. The maximum absolute atomic E-state index is 13.6. The van der Waals surface area contributed by atoms with Gasteiger partial charge in [0.1, 0.15) is 11.6 Å². The van der Waals surface area contributed by atoms with Crippen molar-refractivity contribution in [2.75, 3.05) is 17.2 Å². The van der Waals surface area contributed by atoms with Gasteiger partial charge in [-0.2, -0.15) is 0 Å². The third kappa shape index (κ3) is 3.79. The van der Waals surface area contributed by atoms with Crippen molar-refractivity contribution in [3.05, 3.63) is 65.6 Å². The quantitative estimate of drug-likeness (QED) is 0.828. The van der Waals surface area contributed by atoms with Gasteiger partial charge in [0, 0.05) is 6.54 Å². The summed E-state index contributed by atoms with van der Waals surface area (Å²) in [6.45, 7) is 4.20. The molecule has 1 heterocycles. The zero-order valence-corrected chi connectivity index (χ0v) is 11.8. The van der Waals surface area contributed by atoms with E-state index in [1.165, 1.54) is 18.2 Å². The molecule has 1 aromatic heterocycles. The number of benzene rings is 1. The van der Waals surface area contributed by atoms with Crippen LogP contribution in [0.4, 0.5) is 15.9 Å². The van der Waals surface area contributed by atoms with Crippen LogP contribution in [0.3, 0.4) is 0 Å². The number of halogens is 2. The van der Waals surface area contributed by atoms with Crippen LogP contribution in [-0.2, 0) is 0 Å². The molecule has 1 aromatic carbocycles. The highest BCUT2D eigenvalue weighted by Crippen LogP contribution is 2.20. The molecule has 0 saturated carbocycles. The SMILES string of the molecule is C=CCNc1ccc(NC(=O)c2c(F)cccc2Cl)nc1. The predicted molar refractivity (Wildman–Crippen MR) is 82.3 cm³/mol. The molecule has 0 aliphatic heterocycles. The van der Waals surface area contributed by atoms with Gasteiger partial charge < -0.3 is 10.6 Å². The minimum Gasteiger partial charge on any atom is -0.380 e. The minimum absolute atomic E-state index is 0.0526. The van der Waals surface area contributed by atoms with E-state index < -0.39 is 11.7 Å². The van der Waals surface area contributed by atoms with E-state index in [0.717, 1.165) is 5.69 Å². The summed E-state index contributed by atoms with van der Waals surface area (Å²) in [4.78, 5) is 16.1. The van der Waals surface area contributed by atoms with Crippen molar-refractivity contribution in [1.82, 2.24) is 4.98 Å². The summed E-state index contributed by atoms with van der Waals surface area (Å²) < 4.78 is 13.6. The third-order valence-corrected chi connectivity index (χ3v) is 2.96. The Morgan fingerprint density at radius 1 is 1.38 bits per heavy atom. The summed E-state index contributed by atoms with van der Waals surface area (Å²) in [5.74, 6) is -1.01. The zero-order chi connectivity index (χ0) is 15.2. The number of carbonyl (C=O) groups is 1. The van der Waals surface area contributed by atoms with E-state index in [-0.39, 0.29) is 10.6 Å². The molecular weight excluding hydrogens is 293 g/mol. The Kier molecular flexibility index (Phi) is 4.90. The van der Waals surface area contributed by atoms with Gasteiger partial charge in [-0.3, -0.25) is 4.79 Å². The molecule has 0 spiro atoms. The molecule has 2 N–H and O–H groups in total. The van der Waals surface area contributed by atoms with E-state index in [0.29, 0.717) is 12.4 Å². The summed E-state index contributed by atoms with van der Waals surface area (Å²) in [7, 11) is 0. The van der Waals surface area contributed by atoms with Crippen LogP contribution >= 0.6 is 11.6 Å². The van der Waals surface area contributed by atoms with Crippen LogP contribution in [0.2, 0.25) is 5.02 Å². The number of pyridine rings is 1. The van der Waals surface area contributed by atoms with Crippen molar-refractivity contribution < 1.29 is 9.18 Å². The highest BCUT2D eigenvalue weighted by molar-refractivity contribution is 6.34. The largest absolute Gasteiger partial charge is 0.380 e. The summed E-state index contributed by atoms with van der Waals surface area (Å²) >= 11 is 5.83. The topological polar surface area (TPSA) is 54.0 Å². The van der Waals surface area contributed by atoms with Gasteiger partial charge in [0.05, 0.1) is 22.5 Å². The monoisotopic (exact) mass is 305 g/mol. The van der Waals surface area contributed by atoms with Crippen LogP contribution in [0, 0.1) is 5.82 Å². The van der Waals surface area contributed by atoms with E-state index in [2.05, 4.69) is 22.2 Å². The molecule has 2 aromatic rings. The molecule has 0 saturated heterocycles. The molecule has 1 amide bonds. The minimum atomic E-state index is -0.677. The van der Waals surface area contributed by atoms with Gasteiger partial charge in [-0.15, -0.1) is 6.58 Å². The predicted octanol–water partition coefficient (Wildman–Crippen LogP) is 3.72. The van der Waals surface area contributed by atoms with E-state index in [9.17, 15) is 9.18 Å². The maximum Gasteiger partial charge on any atom is 0.261 e. The fraction of sp³-hybridized carbons (Fsp3) is 0.0667. The van der Waals surface area contributed by atoms with Crippen molar-refractivity contribution in [2.24, 2.45) is 0 Å². The number of amides is 1. The molecule has 0 fully saturated rings. The molecule has 0 bridgehead atoms. The van der Waals surface area contributed by atoms with Crippen LogP contribution in [0.25, 0.3) is 0 Å². The van der Waals surface area contributed by atoms with Crippen molar-refractivity contribution in [2.45, 2.75) is 0 Å². The Balaban J connectivity index is 2.11. The lowest BCUT2D eigenvalue weighted by Crippen LogP contribution is -2.15. The number of hydrogen-bond acceptors (Lipinski definition) is 3. The lowest BCUT2D eigenvalue weighted by molar-refractivity contribution is 0.102. The normalized spacial score (nSPS) is 10.0. The summed E-state index contributed by atoms with van der Waals surface area (Å²) in [6, 6.07) is 7.42. The first-order valence-electron chi connectivity index (χ1n) is 6.18. The van der Waals surface area contributed by atoms with Crippen molar-refractivity contribution in [3.8, 4) is 0 Å². The van der Waals surface area contributed by atoms with Crippen LogP contribution in [0.1, 0.15) is 10.4 Å². The molecule has 0 atom stereocenters. The number of anilines is 2. The van der Waals surface area contributed by atoms with Gasteiger partial charge in [0.25, 0.3) is 5.91 Å². The standard InChI is InChI=1S/C15H13ClFN3O/c1-2-8-18-10-6-7-13(19-9-10)20-15(21)14-11(16)4-3-5-12(14)17/h2-7,9,18H,1,8H2,(H,19,20,21). The van der Waals surface area contributed by atoms with Crippen LogP contribution < -0.4 is 10.6 Å². The van der Waals surface area contributed by atoms with Crippen molar-refractivity contribution >= 4 is 29.0 Å². The smallest absolute Gasteiger partial charge is 0.261 e. The van der Waals surface area contributed by atoms with E-state index in [1.807, 2.05) is 0 Å². The summed E-state index contributed by atoms with van der Waals surface area (Å²) in [5, 5.41) is 5.60. The van der Waals surface area contributed by atoms with Gasteiger partial charge in [-0.1, -0.05) is 23.7 Å². The first-order chi connectivity index (χ1) is 10.1. The molecule has 0 aliphatic rings. The molecule has 4 nitrogen and oxygen atoms in total. The second-order valence-electron chi connectivity index (χ2n) is 4.15. The molecule has 6 heteroatoms. The number of carbonyl (C=O) groups excluding carboxylic acids is 1. The molecule has 2 rings (SSSR count). The Bertz CT molecular complexity index is 638. The number of rotatable bonds is 5. The van der Waals surface area contributed by atoms with Gasteiger partial charge in [0.2, 0.25) is 0 Å². The molecular formula is C15H13ClFN3O. The summed E-state index contributed by atoms with van der Waals surface area (Å²) in [5.41, 5.74) is 0.589. The average Bonchev–Trinajstić information content (AvgIpc) is 2.46. The van der Waals surface area contributed by atoms with Crippen LogP contribution in [-0.4, -0.2) is 17.4 Å². The first kappa shape index (κ1) is 15.0. The van der Waals surface area contributed by atoms with Crippen LogP contribution in [0.15, 0.2) is 49.2 Å². The van der Waals surface area contributed by atoms with E-state index in [1.54, 1.807) is 24.4 Å². The Hall–Kier alpha value is -2.40. The lowest BCUT2D eigenvalue weighted by atomic mass is 10.2. The fourth-order valence-electron chi connectivity index (χ4n) is 1.66. The maximum atomic E-state index is 13.6. The van der Waals surface area contributed by atoms with Gasteiger partial charge in [-0.25, -0.2) is 9.37 Å². The van der Waals surface area contributed by atoms with Crippen LogP contribution in [0.5, 0.6) is 0 Å². The zero-order valence-electron chi connectivity index (χ0n) is 11.1. The van der Waals surface area contributed by atoms with Crippen molar-refractivity contribution in [1.29, 1.82) is 0 Å². The van der Waals surface area contributed by atoms with Gasteiger partial charge in [-0.05, 0) is 24.3 Å². The second-order valence-corrected chi connectivity index (χ2v) is 4.56. The third-order valence-electron chi connectivity index (χ3n) is 2.65. The Labute approximate surface area is 126 Å². The number of hydrogen-bond donors (Lipinski definition) is 2. The fourth-order valence-corrected chi connectivity index (χ4v) is 1.90. The highest BCUT2D eigenvalue weighted by atomic mass is 35.5. The van der Waals surface area contributed by atoms with E-state index in [4.69, 9.17) is 11.6 Å². The number of aromatic nitrogens is 1. The van der Waals surface area contributed by atoms with Gasteiger partial charge >= 0.3 is 0 Å². The Morgan fingerprint density at radius 3 is 2.81 bits per heavy atom. The molecule has 21 heavy (non-hydrogen) atoms. The highest BCUT2D eigenvalue weighted by Gasteiger charge is 2.16. The molecule has 0 unspecified atom stereocenters. The number of nitrogens with zero attached hydrogens (tertiary/aromatic N) is 1.